The van der Waals surface area contributed by atoms with Crippen LogP contribution in [0.4, 0.5) is 0 Å². The molecule has 2 rings (SSSR count). The van der Waals surface area contributed by atoms with E-state index >= 15 is 0 Å². The molecule has 0 N–H and O–H groups in total. The van der Waals surface area contributed by atoms with E-state index in [2.05, 4.69) is 6.92 Å². The molecule has 1 aliphatic carbocycles. The normalized spacial score (nSPS) is 22.4. The smallest absolute Gasteiger partial charge is 0.167 e. The molecule has 110 valence electrons. The summed E-state index contributed by atoms with van der Waals surface area (Å²) in [7, 11) is 3.11. The molecule has 3 nitrogen and oxygen atoms in total. The molecule has 1 aliphatic rings. The van der Waals surface area contributed by atoms with Crippen LogP contribution < -0.4 is 9.47 Å². The lowest BCUT2D eigenvalue weighted by Gasteiger charge is -2.25. The predicted molar refractivity (Wildman–Crippen MR) is 80.0 cm³/mol. The van der Waals surface area contributed by atoms with Crippen molar-refractivity contribution >= 4 is 17.4 Å². The van der Waals surface area contributed by atoms with Crippen LogP contribution >= 0.6 is 11.6 Å². The number of methoxy groups -OCH3 is 2. The van der Waals surface area contributed by atoms with Gasteiger partial charge in [0.1, 0.15) is 0 Å². The first kappa shape index (κ1) is 15.2. The van der Waals surface area contributed by atoms with E-state index in [9.17, 15) is 4.79 Å². The number of carbonyl (C=O) groups excluding carboxylic acids is 1. The van der Waals surface area contributed by atoms with Crippen molar-refractivity contribution in [3.05, 3.63) is 22.7 Å². The van der Waals surface area contributed by atoms with Crippen molar-refractivity contribution in [2.24, 2.45) is 11.8 Å². The standard InChI is InChI=1S/C16H21ClO3/c1-10-4-6-11(7-5-10)16(18)12-8-14(19-2)15(20-3)9-13(12)17/h8-11H,4-7H2,1-3H3. The van der Waals surface area contributed by atoms with Crippen LogP contribution in [0.25, 0.3) is 0 Å². The number of hydrogen-bond donors (Lipinski definition) is 0. The highest BCUT2D eigenvalue weighted by Gasteiger charge is 2.27. The molecule has 0 aliphatic heterocycles. The summed E-state index contributed by atoms with van der Waals surface area (Å²) in [4.78, 5) is 12.6. The highest BCUT2D eigenvalue weighted by molar-refractivity contribution is 6.34. The number of carbonyl (C=O) groups is 1. The van der Waals surface area contributed by atoms with Crippen LogP contribution in [0.3, 0.4) is 0 Å². The molecule has 0 bridgehead atoms. The number of ketones is 1. The van der Waals surface area contributed by atoms with Gasteiger partial charge in [0.05, 0.1) is 19.2 Å². The number of benzene rings is 1. The zero-order valence-electron chi connectivity index (χ0n) is 12.2. The second kappa shape index (κ2) is 6.49. The van der Waals surface area contributed by atoms with Crippen LogP contribution in [0.5, 0.6) is 11.5 Å². The maximum Gasteiger partial charge on any atom is 0.167 e. The van der Waals surface area contributed by atoms with Crippen LogP contribution in [-0.4, -0.2) is 20.0 Å². The molecule has 1 fully saturated rings. The Morgan fingerprint density at radius 2 is 1.65 bits per heavy atom. The molecule has 4 heteroatoms. The first-order valence-electron chi connectivity index (χ1n) is 7.02. The van der Waals surface area contributed by atoms with Gasteiger partial charge in [0.25, 0.3) is 0 Å². The van der Waals surface area contributed by atoms with Gasteiger partial charge in [0.15, 0.2) is 17.3 Å². The summed E-state index contributed by atoms with van der Waals surface area (Å²) in [6, 6.07) is 3.35. The molecule has 20 heavy (non-hydrogen) atoms. The topological polar surface area (TPSA) is 35.5 Å². The second-order valence-corrected chi connectivity index (χ2v) is 5.92. The molecular weight excluding hydrogens is 276 g/mol. The molecule has 1 saturated carbocycles. The lowest BCUT2D eigenvalue weighted by Crippen LogP contribution is -2.21. The summed E-state index contributed by atoms with van der Waals surface area (Å²) in [5.41, 5.74) is 0.545. The van der Waals surface area contributed by atoms with E-state index in [0.29, 0.717) is 22.1 Å². The lowest BCUT2D eigenvalue weighted by atomic mass is 9.79. The van der Waals surface area contributed by atoms with Crippen LogP contribution in [-0.2, 0) is 0 Å². The van der Waals surface area contributed by atoms with E-state index in [1.165, 1.54) is 0 Å². The first-order chi connectivity index (χ1) is 9.56. The highest BCUT2D eigenvalue weighted by Crippen LogP contribution is 2.37. The van der Waals surface area contributed by atoms with E-state index in [4.69, 9.17) is 21.1 Å². The maximum atomic E-state index is 12.6. The number of rotatable bonds is 4. The number of Topliss-reactive ketones (excluding diaryl/α,β-unsaturated/α-hetero) is 1. The quantitative estimate of drug-likeness (QED) is 0.774. The van der Waals surface area contributed by atoms with Gasteiger partial charge in [-0.15, -0.1) is 0 Å². The van der Waals surface area contributed by atoms with E-state index in [-0.39, 0.29) is 11.7 Å². The summed E-state index contributed by atoms with van der Waals surface area (Å²) in [5, 5.41) is 0.436. The Balaban J connectivity index is 2.25. The molecule has 0 heterocycles. The van der Waals surface area contributed by atoms with Crippen LogP contribution in [0.1, 0.15) is 43.0 Å². The minimum absolute atomic E-state index is 0.0850. The third-order valence-electron chi connectivity index (χ3n) is 4.13. The number of hydrogen-bond acceptors (Lipinski definition) is 3. The van der Waals surface area contributed by atoms with Gasteiger partial charge in [-0.3, -0.25) is 4.79 Å². The third-order valence-corrected chi connectivity index (χ3v) is 4.44. The molecule has 0 saturated heterocycles. The zero-order chi connectivity index (χ0) is 14.7. The fourth-order valence-corrected chi connectivity index (χ4v) is 3.03. The Labute approximate surface area is 125 Å². The first-order valence-corrected chi connectivity index (χ1v) is 7.40. The molecule has 0 unspecified atom stereocenters. The minimum Gasteiger partial charge on any atom is -0.493 e. The van der Waals surface area contributed by atoms with Crippen molar-refractivity contribution in [1.82, 2.24) is 0 Å². The minimum atomic E-state index is 0.0850. The Kier molecular flexibility index (Phi) is 4.92. The molecule has 1 aromatic rings. The van der Waals surface area contributed by atoms with Crippen molar-refractivity contribution < 1.29 is 14.3 Å². The van der Waals surface area contributed by atoms with Gasteiger partial charge in [0.2, 0.25) is 0 Å². The van der Waals surface area contributed by atoms with Gasteiger partial charge in [-0.25, -0.2) is 0 Å². The monoisotopic (exact) mass is 296 g/mol. The molecule has 0 amide bonds. The molecular formula is C16H21ClO3. The predicted octanol–water partition coefficient (Wildman–Crippen LogP) is 4.37. The van der Waals surface area contributed by atoms with Crippen molar-refractivity contribution in [2.45, 2.75) is 32.6 Å². The summed E-state index contributed by atoms with van der Waals surface area (Å²) >= 11 is 6.22. The summed E-state index contributed by atoms with van der Waals surface area (Å²) < 4.78 is 10.4. The van der Waals surface area contributed by atoms with Crippen molar-refractivity contribution in [3.63, 3.8) is 0 Å². The average Bonchev–Trinajstić information content (AvgIpc) is 2.47. The molecule has 1 aromatic carbocycles. The van der Waals surface area contributed by atoms with Crippen molar-refractivity contribution in [2.75, 3.05) is 14.2 Å². The fourth-order valence-electron chi connectivity index (χ4n) is 2.79. The molecule has 0 atom stereocenters. The number of ether oxygens (including phenoxy) is 2. The number of halogens is 1. The van der Waals surface area contributed by atoms with Gasteiger partial charge in [-0.05, 0) is 24.8 Å². The zero-order valence-corrected chi connectivity index (χ0v) is 13.0. The Morgan fingerprint density at radius 1 is 1.10 bits per heavy atom. The van der Waals surface area contributed by atoms with Gasteiger partial charge in [0, 0.05) is 17.5 Å². The molecule has 0 aromatic heterocycles. The summed E-state index contributed by atoms with van der Waals surface area (Å²) in [5.74, 6) is 2.03. The SMILES string of the molecule is COc1cc(Cl)c(C(=O)C2CCC(C)CC2)cc1OC. The lowest BCUT2D eigenvalue weighted by molar-refractivity contribution is 0.0875. The van der Waals surface area contributed by atoms with E-state index < -0.39 is 0 Å². The van der Waals surface area contributed by atoms with Gasteiger partial charge >= 0.3 is 0 Å². The highest BCUT2D eigenvalue weighted by atomic mass is 35.5. The average molecular weight is 297 g/mol. The van der Waals surface area contributed by atoms with Gasteiger partial charge in [-0.1, -0.05) is 31.4 Å². The Bertz CT molecular complexity index is 491. The fraction of sp³-hybridized carbons (Fsp3) is 0.562. The van der Waals surface area contributed by atoms with Crippen LogP contribution in [0.2, 0.25) is 5.02 Å². The van der Waals surface area contributed by atoms with Crippen LogP contribution in [0, 0.1) is 11.8 Å². The van der Waals surface area contributed by atoms with Gasteiger partial charge in [-0.2, -0.15) is 0 Å². The van der Waals surface area contributed by atoms with Gasteiger partial charge < -0.3 is 9.47 Å². The summed E-state index contributed by atoms with van der Waals surface area (Å²) in [6.07, 6.45) is 4.12. The van der Waals surface area contributed by atoms with Crippen molar-refractivity contribution in [1.29, 1.82) is 0 Å². The Morgan fingerprint density at radius 3 is 2.20 bits per heavy atom. The Hall–Kier alpha value is -1.22. The van der Waals surface area contributed by atoms with E-state index in [1.807, 2.05) is 0 Å². The molecule has 0 spiro atoms. The molecule has 0 radical (unpaired) electrons. The van der Waals surface area contributed by atoms with Crippen molar-refractivity contribution in [3.8, 4) is 11.5 Å². The third kappa shape index (κ3) is 3.09. The largest absolute Gasteiger partial charge is 0.493 e. The van der Waals surface area contributed by atoms with E-state index in [1.54, 1.807) is 26.4 Å². The summed E-state index contributed by atoms with van der Waals surface area (Å²) in [6.45, 7) is 2.24. The van der Waals surface area contributed by atoms with Crippen LogP contribution in [0.15, 0.2) is 12.1 Å². The van der Waals surface area contributed by atoms with E-state index in [0.717, 1.165) is 31.6 Å². The second-order valence-electron chi connectivity index (χ2n) is 5.51. The maximum absolute atomic E-state index is 12.6.